The van der Waals surface area contributed by atoms with Crippen LogP contribution in [0.4, 0.5) is 0 Å². The van der Waals surface area contributed by atoms with Crippen LogP contribution in [-0.4, -0.2) is 31.0 Å². The van der Waals surface area contributed by atoms with Crippen LogP contribution in [-0.2, 0) is 0 Å². The first kappa shape index (κ1) is 17.9. The van der Waals surface area contributed by atoms with Crippen molar-refractivity contribution < 1.29 is 0 Å². The van der Waals surface area contributed by atoms with Gasteiger partial charge in [0, 0.05) is 0 Å². The first-order chi connectivity index (χ1) is 12.2. The third kappa shape index (κ3) is 3.53. The summed E-state index contributed by atoms with van der Waals surface area (Å²) in [7, 11) is -1.12. The lowest BCUT2D eigenvalue weighted by atomic mass is 10.4. The van der Waals surface area contributed by atoms with Gasteiger partial charge in [-0.25, -0.2) is 0 Å². The average Bonchev–Trinajstić information content (AvgIpc) is 3.33. The van der Waals surface area contributed by atoms with E-state index >= 15 is 0 Å². The summed E-state index contributed by atoms with van der Waals surface area (Å²) in [6.45, 7) is 5.52. The summed E-state index contributed by atoms with van der Waals surface area (Å²) in [4.78, 5) is 0. The van der Waals surface area contributed by atoms with E-state index in [1.165, 1.54) is 38.0 Å². The van der Waals surface area contributed by atoms with Crippen molar-refractivity contribution in [2.75, 3.05) is 12.3 Å². The van der Waals surface area contributed by atoms with Gasteiger partial charge in [0.15, 0.2) is 0 Å². The van der Waals surface area contributed by atoms with Gasteiger partial charge < -0.3 is 0 Å². The summed E-state index contributed by atoms with van der Waals surface area (Å²) in [6, 6.07) is 23.1. The van der Waals surface area contributed by atoms with Gasteiger partial charge in [-0.05, 0) is 59.2 Å². The molecule has 25 heavy (non-hydrogen) atoms. The Morgan fingerprint density at radius 3 is 1.48 bits per heavy atom. The van der Waals surface area contributed by atoms with E-state index in [9.17, 15) is 0 Å². The van der Waals surface area contributed by atoms with E-state index in [-0.39, 0.29) is 15.8 Å². The van der Waals surface area contributed by atoms with E-state index in [1.807, 2.05) is 0 Å². The highest BCUT2D eigenvalue weighted by Gasteiger charge is 2.49. The van der Waals surface area contributed by atoms with Crippen LogP contribution in [0, 0.1) is 0 Å². The minimum Gasteiger partial charge on any atom is -0.0749 e. The molecule has 4 rings (SSSR count). The van der Waals surface area contributed by atoms with Gasteiger partial charge in [0.05, 0.1) is 8.07 Å². The highest BCUT2D eigenvalue weighted by molar-refractivity contribution is 7.72. The molecule has 0 saturated carbocycles. The molecule has 2 fully saturated rings. The molecular formula is C22H30P2Si. The van der Waals surface area contributed by atoms with E-state index in [4.69, 9.17) is 0 Å². The van der Waals surface area contributed by atoms with Crippen molar-refractivity contribution in [2.24, 2.45) is 0 Å². The molecule has 0 aromatic heterocycles. The van der Waals surface area contributed by atoms with Gasteiger partial charge in [0.25, 0.3) is 0 Å². The van der Waals surface area contributed by atoms with Gasteiger partial charge in [-0.1, -0.05) is 89.6 Å². The Morgan fingerprint density at radius 1 is 0.680 bits per heavy atom. The second kappa shape index (κ2) is 7.64. The summed E-state index contributed by atoms with van der Waals surface area (Å²) in [6.07, 6.45) is 8.92. The first-order valence-corrected chi connectivity index (χ1v) is 16.2. The maximum Gasteiger partial charge on any atom is 0.0631 e. The topological polar surface area (TPSA) is 0 Å². The molecule has 0 nitrogen and oxygen atoms in total. The number of benzene rings is 2. The standard InChI is InChI=1S/C22H30P2Si/c1-25(2,21-15-9-17-23(21)19-11-5-3-6-12-19)22-16-10-18-24(22)20-13-7-4-8-14-20/h3-8,11-14,21-22H,9-10,15-18H2,1-2H3/t21-,22-,23?,24?/m0/s1. The first-order valence-electron chi connectivity index (χ1n) is 9.81. The van der Waals surface area contributed by atoms with Crippen LogP contribution in [0.3, 0.4) is 0 Å². The Morgan fingerprint density at radius 2 is 1.08 bits per heavy atom. The molecule has 2 heterocycles. The van der Waals surface area contributed by atoms with Crippen LogP contribution in [0.1, 0.15) is 25.7 Å². The second-order valence-corrected chi connectivity index (χ2v) is 19.3. The third-order valence-corrected chi connectivity index (χ3v) is 21.8. The Bertz CT molecular complexity index is 626. The van der Waals surface area contributed by atoms with Crippen LogP contribution in [0.25, 0.3) is 0 Å². The molecule has 4 atom stereocenters. The zero-order valence-corrected chi connectivity index (χ0v) is 18.4. The number of hydrogen-bond acceptors (Lipinski definition) is 0. The molecule has 0 N–H and O–H groups in total. The molecular weight excluding hydrogens is 354 g/mol. The molecule has 0 radical (unpaired) electrons. The molecule has 0 amide bonds. The SMILES string of the molecule is C[Si](C)([C@H]1CCCP1c1ccccc1)[C@H]1CCCP1c1ccccc1. The van der Waals surface area contributed by atoms with Gasteiger partial charge in [0.2, 0.25) is 0 Å². The van der Waals surface area contributed by atoms with Crippen LogP contribution in [0.5, 0.6) is 0 Å². The zero-order chi connectivity index (χ0) is 17.3. The van der Waals surface area contributed by atoms with E-state index < -0.39 is 8.07 Å². The van der Waals surface area contributed by atoms with Crippen molar-refractivity contribution >= 4 is 34.5 Å². The van der Waals surface area contributed by atoms with Gasteiger partial charge in [-0.2, -0.15) is 0 Å². The highest BCUT2D eigenvalue weighted by Crippen LogP contribution is 2.60. The van der Waals surface area contributed by atoms with Gasteiger partial charge in [0.1, 0.15) is 0 Å². The average molecular weight is 385 g/mol. The van der Waals surface area contributed by atoms with Crippen LogP contribution >= 0.6 is 15.8 Å². The number of hydrogen-bond donors (Lipinski definition) is 0. The summed E-state index contributed by atoms with van der Waals surface area (Å²) in [5, 5.41) is 5.45. The summed E-state index contributed by atoms with van der Waals surface area (Å²) in [5.74, 6) is 0. The second-order valence-electron chi connectivity index (χ2n) is 8.20. The minimum atomic E-state index is -1.27. The summed E-state index contributed by atoms with van der Waals surface area (Å²) in [5.41, 5.74) is 0. The Balaban J connectivity index is 1.61. The molecule has 2 aliphatic rings. The van der Waals surface area contributed by atoms with Gasteiger partial charge in [-0.15, -0.1) is 0 Å². The maximum absolute atomic E-state index is 2.76. The quantitative estimate of drug-likeness (QED) is 0.468. The van der Waals surface area contributed by atoms with Gasteiger partial charge >= 0.3 is 0 Å². The molecule has 3 heteroatoms. The minimum absolute atomic E-state index is 0.0764. The number of rotatable bonds is 4. The largest absolute Gasteiger partial charge is 0.0749 e. The van der Waals surface area contributed by atoms with Crippen molar-refractivity contribution in [3.8, 4) is 0 Å². The van der Waals surface area contributed by atoms with E-state index in [0.29, 0.717) is 0 Å². The molecule has 2 unspecified atom stereocenters. The van der Waals surface area contributed by atoms with E-state index in [1.54, 1.807) is 10.6 Å². The lowest BCUT2D eigenvalue weighted by molar-refractivity contribution is 0.855. The van der Waals surface area contributed by atoms with Crippen molar-refractivity contribution in [3.63, 3.8) is 0 Å². The predicted octanol–water partition coefficient (Wildman–Crippen LogP) is 5.71. The summed E-state index contributed by atoms with van der Waals surface area (Å²) < 4.78 is 0. The third-order valence-electron chi connectivity index (χ3n) is 6.40. The van der Waals surface area contributed by atoms with Crippen molar-refractivity contribution in [3.05, 3.63) is 60.7 Å². The fourth-order valence-corrected chi connectivity index (χ4v) is 22.0. The van der Waals surface area contributed by atoms with Crippen molar-refractivity contribution in [1.82, 2.24) is 0 Å². The normalized spacial score (nSPS) is 29.8. The molecule has 0 spiro atoms. The molecule has 2 aromatic carbocycles. The van der Waals surface area contributed by atoms with Crippen LogP contribution < -0.4 is 10.6 Å². The fraction of sp³-hybridized carbons (Fsp3) is 0.455. The molecule has 2 aromatic rings. The van der Waals surface area contributed by atoms with Crippen molar-refractivity contribution in [1.29, 1.82) is 0 Å². The van der Waals surface area contributed by atoms with Gasteiger partial charge in [-0.3, -0.25) is 0 Å². The highest BCUT2D eigenvalue weighted by atomic mass is 31.1. The predicted molar refractivity (Wildman–Crippen MR) is 119 cm³/mol. The fourth-order valence-electron chi connectivity index (χ4n) is 5.16. The molecule has 2 aliphatic heterocycles. The lowest BCUT2D eigenvalue weighted by Gasteiger charge is -2.42. The molecule has 0 bridgehead atoms. The Kier molecular flexibility index (Phi) is 5.47. The summed E-state index contributed by atoms with van der Waals surface area (Å²) >= 11 is 0. The van der Waals surface area contributed by atoms with Crippen LogP contribution in [0.15, 0.2) is 60.7 Å². The molecule has 0 aliphatic carbocycles. The van der Waals surface area contributed by atoms with Crippen LogP contribution in [0.2, 0.25) is 13.1 Å². The van der Waals surface area contributed by atoms with Crippen molar-refractivity contribution in [2.45, 2.75) is 49.3 Å². The monoisotopic (exact) mass is 384 g/mol. The van der Waals surface area contributed by atoms with E-state index in [2.05, 4.69) is 73.8 Å². The Labute approximate surface area is 157 Å². The maximum atomic E-state index is 2.76. The van der Waals surface area contributed by atoms with E-state index in [0.717, 1.165) is 10.6 Å². The molecule has 132 valence electrons. The zero-order valence-electron chi connectivity index (χ0n) is 15.6. The molecule has 2 saturated heterocycles. The smallest absolute Gasteiger partial charge is 0.0631 e. The Hall–Kier alpha value is -0.483. The lowest BCUT2D eigenvalue weighted by Crippen LogP contribution is -2.50.